The maximum Gasteiger partial charge on any atom is 0.190 e. The molecule has 0 saturated heterocycles. The highest BCUT2D eigenvalue weighted by atomic mass is 16.1. The Morgan fingerprint density at radius 2 is 2.16 bits per heavy atom. The van der Waals surface area contributed by atoms with E-state index in [-0.39, 0.29) is 11.7 Å². The minimum absolute atomic E-state index is 0.100. The van der Waals surface area contributed by atoms with E-state index >= 15 is 0 Å². The summed E-state index contributed by atoms with van der Waals surface area (Å²) in [7, 11) is 0. The van der Waals surface area contributed by atoms with Crippen LogP contribution >= 0.6 is 0 Å². The molecular formula is C16H16N2O. The lowest BCUT2D eigenvalue weighted by Gasteiger charge is -2.22. The second kappa shape index (κ2) is 4.92. The second-order valence-electron chi connectivity index (χ2n) is 5.08. The van der Waals surface area contributed by atoms with Gasteiger partial charge in [0.25, 0.3) is 0 Å². The Morgan fingerprint density at radius 1 is 1.26 bits per heavy atom. The molecule has 0 aliphatic heterocycles. The fourth-order valence-electron chi connectivity index (χ4n) is 2.71. The Labute approximate surface area is 112 Å². The molecule has 1 aliphatic carbocycles. The third-order valence-corrected chi connectivity index (χ3v) is 3.68. The van der Waals surface area contributed by atoms with Gasteiger partial charge in [0.1, 0.15) is 5.69 Å². The van der Waals surface area contributed by atoms with Crippen LogP contribution in [0, 0.1) is 6.92 Å². The van der Waals surface area contributed by atoms with Crippen LogP contribution in [0.5, 0.6) is 0 Å². The quantitative estimate of drug-likeness (QED) is 0.771. The van der Waals surface area contributed by atoms with Gasteiger partial charge in [0.15, 0.2) is 5.78 Å². The van der Waals surface area contributed by atoms with Crippen molar-refractivity contribution in [3.63, 3.8) is 0 Å². The number of ketones is 1. The lowest BCUT2D eigenvalue weighted by molar-refractivity contribution is 0.0944. The van der Waals surface area contributed by atoms with E-state index in [2.05, 4.69) is 16.0 Å². The Kier molecular flexibility index (Phi) is 3.11. The van der Waals surface area contributed by atoms with Crippen molar-refractivity contribution in [2.24, 2.45) is 0 Å². The molecule has 2 aromatic rings. The van der Waals surface area contributed by atoms with Crippen molar-refractivity contribution in [3.05, 3.63) is 59.2 Å². The summed E-state index contributed by atoms with van der Waals surface area (Å²) in [6.07, 6.45) is 6.41. The molecule has 1 atom stereocenters. The van der Waals surface area contributed by atoms with Crippen LogP contribution in [0.15, 0.2) is 36.7 Å². The molecule has 1 unspecified atom stereocenters. The first-order chi connectivity index (χ1) is 9.25. The van der Waals surface area contributed by atoms with Crippen LogP contribution in [0.4, 0.5) is 0 Å². The third-order valence-electron chi connectivity index (χ3n) is 3.68. The molecule has 0 amide bonds. The van der Waals surface area contributed by atoms with Gasteiger partial charge in [-0.1, -0.05) is 6.07 Å². The summed E-state index contributed by atoms with van der Waals surface area (Å²) in [6, 6.07) is 7.78. The van der Waals surface area contributed by atoms with E-state index in [0.29, 0.717) is 5.69 Å². The average Bonchev–Trinajstić information content (AvgIpc) is 2.46. The van der Waals surface area contributed by atoms with Gasteiger partial charge in [0, 0.05) is 12.4 Å². The predicted molar refractivity (Wildman–Crippen MR) is 73.2 cm³/mol. The molecule has 96 valence electrons. The molecular weight excluding hydrogens is 236 g/mol. The van der Waals surface area contributed by atoms with Crippen LogP contribution in [0.2, 0.25) is 0 Å². The first-order valence-corrected chi connectivity index (χ1v) is 6.66. The van der Waals surface area contributed by atoms with Crippen molar-refractivity contribution in [1.29, 1.82) is 0 Å². The molecule has 2 heterocycles. The van der Waals surface area contributed by atoms with Gasteiger partial charge in [0.05, 0.1) is 11.6 Å². The summed E-state index contributed by atoms with van der Waals surface area (Å²) in [6.45, 7) is 1.98. The van der Waals surface area contributed by atoms with E-state index < -0.39 is 0 Å². The van der Waals surface area contributed by atoms with Crippen molar-refractivity contribution in [2.75, 3.05) is 0 Å². The Hall–Kier alpha value is -2.03. The monoisotopic (exact) mass is 252 g/mol. The number of rotatable bonds is 2. The van der Waals surface area contributed by atoms with E-state index in [4.69, 9.17) is 0 Å². The maximum absolute atomic E-state index is 12.6. The highest BCUT2D eigenvalue weighted by molar-refractivity contribution is 5.99. The zero-order valence-corrected chi connectivity index (χ0v) is 11.0. The molecule has 0 saturated carbocycles. The summed E-state index contributed by atoms with van der Waals surface area (Å²) in [5.41, 5.74) is 3.78. The summed E-state index contributed by atoms with van der Waals surface area (Å²) in [5.74, 6) is -0.0254. The minimum Gasteiger partial charge on any atom is -0.292 e. The number of fused-ring (bicyclic) bond motifs is 1. The normalized spacial score (nSPS) is 17.8. The Morgan fingerprint density at radius 3 is 3.00 bits per heavy atom. The minimum atomic E-state index is -0.126. The first-order valence-electron chi connectivity index (χ1n) is 6.66. The van der Waals surface area contributed by atoms with Crippen molar-refractivity contribution < 1.29 is 4.79 Å². The molecule has 3 heteroatoms. The van der Waals surface area contributed by atoms with Gasteiger partial charge in [-0.15, -0.1) is 0 Å². The van der Waals surface area contributed by atoms with Gasteiger partial charge in [-0.3, -0.25) is 14.8 Å². The van der Waals surface area contributed by atoms with Crippen molar-refractivity contribution in [1.82, 2.24) is 9.97 Å². The summed E-state index contributed by atoms with van der Waals surface area (Å²) in [5, 5.41) is 0. The molecule has 0 aromatic carbocycles. The number of nitrogens with zero attached hydrogens (tertiary/aromatic N) is 2. The van der Waals surface area contributed by atoms with Crippen LogP contribution in [-0.4, -0.2) is 15.8 Å². The number of hydrogen-bond acceptors (Lipinski definition) is 3. The third kappa shape index (κ3) is 2.28. The van der Waals surface area contributed by atoms with E-state index in [1.807, 2.05) is 25.1 Å². The van der Waals surface area contributed by atoms with Crippen LogP contribution < -0.4 is 0 Å². The SMILES string of the molecule is Cc1ccnc(C(=O)C2CCCc3cccnc32)c1. The molecule has 0 radical (unpaired) electrons. The molecule has 2 aromatic heterocycles. The highest BCUT2D eigenvalue weighted by Crippen LogP contribution is 2.32. The molecule has 3 nitrogen and oxygen atoms in total. The fourth-order valence-corrected chi connectivity index (χ4v) is 2.71. The van der Waals surface area contributed by atoms with Crippen LogP contribution in [-0.2, 0) is 6.42 Å². The Bertz CT molecular complexity index is 622. The zero-order valence-electron chi connectivity index (χ0n) is 11.0. The first kappa shape index (κ1) is 12.0. The number of aryl methyl sites for hydroxylation is 2. The van der Waals surface area contributed by atoms with Gasteiger partial charge >= 0.3 is 0 Å². The van der Waals surface area contributed by atoms with Crippen molar-refractivity contribution in [3.8, 4) is 0 Å². The largest absolute Gasteiger partial charge is 0.292 e. The second-order valence-corrected chi connectivity index (χ2v) is 5.08. The predicted octanol–water partition coefficient (Wildman–Crippen LogP) is 3.09. The molecule has 0 spiro atoms. The van der Waals surface area contributed by atoms with Crippen molar-refractivity contribution >= 4 is 5.78 Å². The van der Waals surface area contributed by atoms with E-state index in [1.54, 1.807) is 12.4 Å². The van der Waals surface area contributed by atoms with Crippen LogP contribution in [0.25, 0.3) is 0 Å². The molecule has 3 rings (SSSR count). The number of carbonyl (C=O) groups excluding carboxylic acids is 1. The molecule has 0 fully saturated rings. The smallest absolute Gasteiger partial charge is 0.190 e. The lowest BCUT2D eigenvalue weighted by Crippen LogP contribution is -2.21. The zero-order chi connectivity index (χ0) is 13.2. The van der Waals surface area contributed by atoms with Gasteiger partial charge in [-0.25, -0.2) is 0 Å². The number of hydrogen-bond donors (Lipinski definition) is 0. The van der Waals surface area contributed by atoms with Gasteiger partial charge in [0.2, 0.25) is 0 Å². The molecule has 19 heavy (non-hydrogen) atoms. The van der Waals surface area contributed by atoms with E-state index in [0.717, 1.165) is 30.5 Å². The van der Waals surface area contributed by atoms with Gasteiger partial charge in [-0.2, -0.15) is 0 Å². The fraction of sp³-hybridized carbons (Fsp3) is 0.312. The van der Waals surface area contributed by atoms with E-state index in [9.17, 15) is 4.79 Å². The molecule has 0 N–H and O–H groups in total. The number of carbonyl (C=O) groups is 1. The van der Waals surface area contributed by atoms with Crippen LogP contribution in [0.3, 0.4) is 0 Å². The molecule has 0 bridgehead atoms. The summed E-state index contributed by atoms with van der Waals surface area (Å²) >= 11 is 0. The van der Waals surface area contributed by atoms with Gasteiger partial charge < -0.3 is 0 Å². The standard InChI is InChI=1S/C16H16N2O/c1-11-7-9-17-14(10-11)16(19)13-6-2-4-12-5-3-8-18-15(12)13/h3,5,7-10,13H,2,4,6H2,1H3. The van der Waals surface area contributed by atoms with Gasteiger partial charge in [-0.05, 0) is 55.5 Å². The van der Waals surface area contributed by atoms with E-state index in [1.165, 1.54) is 5.56 Å². The maximum atomic E-state index is 12.6. The van der Waals surface area contributed by atoms with Crippen LogP contribution in [0.1, 0.15) is 46.1 Å². The van der Waals surface area contributed by atoms with Crippen molar-refractivity contribution in [2.45, 2.75) is 32.1 Å². The molecule has 1 aliphatic rings. The lowest BCUT2D eigenvalue weighted by atomic mass is 9.83. The summed E-state index contributed by atoms with van der Waals surface area (Å²) in [4.78, 5) is 21.2. The average molecular weight is 252 g/mol. The Balaban J connectivity index is 1.98. The number of Topliss-reactive ketones (excluding diaryl/α,β-unsaturated/α-hetero) is 1. The summed E-state index contributed by atoms with van der Waals surface area (Å²) < 4.78 is 0. The topological polar surface area (TPSA) is 42.9 Å². The number of pyridine rings is 2. The number of aromatic nitrogens is 2. The highest BCUT2D eigenvalue weighted by Gasteiger charge is 2.29.